The molecule has 0 aliphatic carbocycles. The summed E-state index contributed by atoms with van der Waals surface area (Å²) in [6.07, 6.45) is 3.60. The monoisotopic (exact) mass is 336 g/mol. The molecule has 2 aromatic heterocycles. The van der Waals surface area contributed by atoms with Gasteiger partial charge in [0.05, 0.1) is 0 Å². The highest BCUT2D eigenvalue weighted by Gasteiger charge is 2.13. The van der Waals surface area contributed by atoms with Gasteiger partial charge in [-0.25, -0.2) is 0 Å². The van der Waals surface area contributed by atoms with Gasteiger partial charge in [-0.15, -0.1) is 0 Å². The Morgan fingerprint density at radius 2 is 2.00 bits per heavy atom. The van der Waals surface area contributed by atoms with Crippen molar-refractivity contribution >= 4 is 5.91 Å². The van der Waals surface area contributed by atoms with Crippen molar-refractivity contribution < 1.29 is 4.79 Å². The van der Waals surface area contributed by atoms with Gasteiger partial charge in [0.25, 0.3) is 11.5 Å². The number of carbonyl (C=O) groups is 1. The molecule has 128 valence electrons. The summed E-state index contributed by atoms with van der Waals surface area (Å²) in [6.45, 7) is 3.19. The highest BCUT2D eigenvalue weighted by Crippen LogP contribution is 2.14. The summed E-state index contributed by atoms with van der Waals surface area (Å²) >= 11 is 0. The molecule has 0 spiro atoms. The van der Waals surface area contributed by atoms with Crippen LogP contribution in [0.2, 0.25) is 0 Å². The fourth-order valence-electron chi connectivity index (χ4n) is 2.59. The molecule has 0 saturated carbocycles. The van der Waals surface area contributed by atoms with Crippen molar-refractivity contribution in [2.75, 3.05) is 6.54 Å². The average molecular weight is 336 g/mol. The smallest absolute Gasteiger partial charge is 0.261 e. The number of hydrogen-bond acceptors (Lipinski definition) is 3. The van der Waals surface area contributed by atoms with Crippen LogP contribution in [0.3, 0.4) is 0 Å². The Morgan fingerprint density at radius 3 is 2.68 bits per heavy atom. The van der Waals surface area contributed by atoms with E-state index in [-0.39, 0.29) is 17.4 Å². The lowest BCUT2D eigenvalue weighted by molar-refractivity contribution is 0.0945. The van der Waals surface area contributed by atoms with E-state index in [1.165, 1.54) is 0 Å². The van der Waals surface area contributed by atoms with Gasteiger partial charge >= 0.3 is 0 Å². The van der Waals surface area contributed by atoms with E-state index in [4.69, 9.17) is 0 Å². The number of rotatable bonds is 6. The van der Waals surface area contributed by atoms with Gasteiger partial charge in [0.2, 0.25) is 0 Å². The molecular weight excluding hydrogens is 316 g/mol. The molecular formula is C19H20N4O2. The van der Waals surface area contributed by atoms with Crippen LogP contribution in [-0.4, -0.2) is 27.2 Å². The third-order valence-corrected chi connectivity index (χ3v) is 3.91. The van der Waals surface area contributed by atoms with Crippen LogP contribution in [0.4, 0.5) is 0 Å². The van der Waals surface area contributed by atoms with Crippen LogP contribution in [0.5, 0.6) is 0 Å². The maximum atomic E-state index is 12.3. The second kappa shape index (κ2) is 7.61. The van der Waals surface area contributed by atoms with Crippen molar-refractivity contribution in [1.29, 1.82) is 0 Å². The first-order valence-corrected chi connectivity index (χ1v) is 8.18. The first kappa shape index (κ1) is 16.7. The summed E-state index contributed by atoms with van der Waals surface area (Å²) < 4.78 is 1.82. The van der Waals surface area contributed by atoms with E-state index in [0.29, 0.717) is 18.8 Å². The molecule has 0 aliphatic heterocycles. The fourth-order valence-corrected chi connectivity index (χ4v) is 2.59. The number of H-pyrrole nitrogens is 1. The van der Waals surface area contributed by atoms with E-state index in [9.17, 15) is 9.59 Å². The molecule has 25 heavy (non-hydrogen) atoms. The first-order chi connectivity index (χ1) is 12.1. The quantitative estimate of drug-likeness (QED) is 0.725. The normalized spacial score (nSPS) is 11.9. The molecule has 3 rings (SSSR count). The van der Waals surface area contributed by atoms with Crippen LogP contribution in [0.1, 0.15) is 17.3 Å². The molecule has 2 N–H and O–H groups in total. The lowest BCUT2D eigenvalue weighted by atomic mass is 10.1. The molecule has 0 aliphatic rings. The Hall–Kier alpha value is -3.15. The standard InChI is InChI=1S/C19H20N4O2/c1-14(13-23-11-5-10-21-23)12-20-18(24)16-8-9-17(22-19(16)25)15-6-3-2-4-7-15/h2-11,14H,12-13H2,1H3,(H,20,24)(H,22,25). The highest BCUT2D eigenvalue weighted by atomic mass is 16.2. The predicted molar refractivity (Wildman–Crippen MR) is 96.2 cm³/mol. The third-order valence-electron chi connectivity index (χ3n) is 3.91. The molecule has 0 saturated heterocycles. The van der Waals surface area contributed by atoms with Crippen LogP contribution in [-0.2, 0) is 6.54 Å². The van der Waals surface area contributed by atoms with Gasteiger partial charge in [0.1, 0.15) is 5.56 Å². The minimum Gasteiger partial charge on any atom is -0.352 e. The van der Waals surface area contributed by atoms with Gasteiger partial charge in [-0.1, -0.05) is 37.3 Å². The summed E-state index contributed by atoms with van der Waals surface area (Å²) in [5.41, 5.74) is 1.32. The topological polar surface area (TPSA) is 79.8 Å². The summed E-state index contributed by atoms with van der Waals surface area (Å²) in [4.78, 5) is 27.3. The van der Waals surface area contributed by atoms with Gasteiger partial charge in [0, 0.05) is 31.2 Å². The fraction of sp³-hybridized carbons (Fsp3) is 0.211. The zero-order chi connectivity index (χ0) is 17.6. The van der Waals surface area contributed by atoms with E-state index in [2.05, 4.69) is 15.4 Å². The minimum absolute atomic E-state index is 0.117. The van der Waals surface area contributed by atoms with Gasteiger partial charge in [-0.05, 0) is 29.7 Å². The molecule has 1 atom stereocenters. The average Bonchev–Trinajstić information content (AvgIpc) is 3.13. The van der Waals surface area contributed by atoms with Crippen molar-refractivity contribution in [3.8, 4) is 11.3 Å². The highest BCUT2D eigenvalue weighted by molar-refractivity contribution is 5.94. The van der Waals surface area contributed by atoms with Gasteiger partial charge in [0.15, 0.2) is 0 Å². The number of aromatic nitrogens is 3. The maximum Gasteiger partial charge on any atom is 0.261 e. The van der Waals surface area contributed by atoms with Crippen molar-refractivity contribution in [3.63, 3.8) is 0 Å². The Kier molecular flexibility index (Phi) is 5.09. The summed E-state index contributed by atoms with van der Waals surface area (Å²) in [5, 5.41) is 6.95. The maximum absolute atomic E-state index is 12.3. The zero-order valence-electron chi connectivity index (χ0n) is 14.0. The Morgan fingerprint density at radius 1 is 1.20 bits per heavy atom. The van der Waals surface area contributed by atoms with Gasteiger partial charge in [-0.2, -0.15) is 5.10 Å². The molecule has 1 aromatic carbocycles. The second-order valence-electron chi connectivity index (χ2n) is 6.02. The lowest BCUT2D eigenvalue weighted by Gasteiger charge is -2.12. The SMILES string of the molecule is CC(CNC(=O)c1ccc(-c2ccccc2)[nH]c1=O)Cn1cccn1. The van der Waals surface area contributed by atoms with Crippen LogP contribution < -0.4 is 10.9 Å². The molecule has 6 heteroatoms. The predicted octanol–water partition coefficient (Wildman–Crippen LogP) is 2.30. The van der Waals surface area contributed by atoms with E-state index < -0.39 is 5.56 Å². The Bertz CT molecular complexity index is 885. The Labute approximate surface area is 145 Å². The first-order valence-electron chi connectivity index (χ1n) is 8.18. The second-order valence-corrected chi connectivity index (χ2v) is 6.02. The van der Waals surface area contributed by atoms with Crippen molar-refractivity contribution in [3.05, 3.63) is 76.8 Å². The van der Waals surface area contributed by atoms with Crippen LogP contribution >= 0.6 is 0 Å². The van der Waals surface area contributed by atoms with Crippen molar-refractivity contribution in [2.45, 2.75) is 13.5 Å². The number of nitrogens with zero attached hydrogens (tertiary/aromatic N) is 2. The van der Waals surface area contributed by atoms with E-state index in [1.807, 2.05) is 54.2 Å². The van der Waals surface area contributed by atoms with E-state index in [1.54, 1.807) is 18.3 Å². The molecule has 0 radical (unpaired) electrons. The number of carbonyl (C=O) groups excluding carboxylic acids is 1. The molecule has 1 unspecified atom stereocenters. The van der Waals surface area contributed by atoms with Gasteiger partial charge in [-0.3, -0.25) is 14.3 Å². The molecule has 6 nitrogen and oxygen atoms in total. The zero-order valence-corrected chi connectivity index (χ0v) is 14.0. The summed E-state index contributed by atoms with van der Waals surface area (Å²) in [6, 6.07) is 14.7. The summed E-state index contributed by atoms with van der Waals surface area (Å²) in [5.74, 6) is -0.167. The van der Waals surface area contributed by atoms with Crippen molar-refractivity contribution in [1.82, 2.24) is 20.1 Å². The molecule has 0 fully saturated rings. The molecule has 0 bridgehead atoms. The van der Waals surface area contributed by atoms with E-state index >= 15 is 0 Å². The van der Waals surface area contributed by atoms with Crippen LogP contribution in [0.25, 0.3) is 11.3 Å². The number of pyridine rings is 1. The number of amides is 1. The Balaban J connectivity index is 1.63. The molecule has 3 aromatic rings. The van der Waals surface area contributed by atoms with Crippen LogP contribution in [0, 0.1) is 5.92 Å². The van der Waals surface area contributed by atoms with Crippen molar-refractivity contribution in [2.24, 2.45) is 5.92 Å². The number of aromatic amines is 1. The largest absolute Gasteiger partial charge is 0.352 e. The molecule has 2 heterocycles. The van der Waals surface area contributed by atoms with E-state index in [0.717, 1.165) is 5.56 Å². The third kappa shape index (κ3) is 4.23. The lowest BCUT2D eigenvalue weighted by Crippen LogP contribution is -2.33. The number of benzene rings is 1. The molecule has 1 amide bonds. The number of nitrogens with one attached hydrogen (secondary N) is 2. The minimum atomic E-state index is -0.390. The van der Waals surface area contributed by atoms with Crippen LogP contribution in [0.15, 0.2) is 65.7 Å². The number of hydrogen-bond donors (Lipinski definition) is 2. The van der Waals surface area contributed by atoms with Gasteiger partial charge < -0.3 is 10.3 Å². The summed E-state index contributed by atoms with van der Waals surface area (Å²) in [7, 11) is 0.